The zero-order valence-electron chi connectivity index (χ0n) is 13.6. The minimum Gasteiger partial charge on any atom is -0.350 e. The summed E-state index contributed by atoms with van der Waals surface area (Å²) in [7, 11) is 2.03. The summed E-state index contributed by atoms with van der Waals surface area (Å²) in [6, 6.07) is 10.4. The molecule has 1 aromatic carbocycles. The molecule has 2 heterocycles. The summed E-state index contributed by atoms with van der Waals surface area (Å²) in [5, 5.41) is 13.5. The number of hydrogen-bond donors (Lipinski definition) is 2. The number of nitrogens with one attached hydrogen (secondary N) is 2. The first-order chi connectivity index (χ1) is 11.5. The molecule has 0 spiro atoms. The van der Waals surface area contributed by atoms with Crippen LogP contribution in [0.1, 0.15) is 24.6 Å². The first-order valence-corrected chi connectivity index (χ1v) is 8.04. The summed E-state index contributed by atoms with van der Waals surface area (Å²) in [4.78, 5) is 23.8. The summed E-state index contributed by atoms with van der Waals surface area (Å²) < 4.78 is 2.12. The second kappa shape index (κ2) is 6.84. The van der Waals surface area contributed by atoms with Crippen LogP contribution in [0.5, 0.6) is 0 Å². The standard InChI is InChI=1S/C17H20N4O3/c1-19-10-2-4-15(19)16-5-3-11-20(16)12-17(22)18-13-6-8-14(9-7-13)21(23)24/h2,4,6-10,16H,3,5,11-12H2,1H3,(H,18,22)/p+1/t16-/m1/s1. The number of anilines is 1. The highest BCUT2D eigenvalue weighted by Crippen LogP contribution is 2.19. The topological polar surface area (TPSA) is 81.6 Å². The molecule has 7 heteroatoms. The van der Waals surface area contributed by atoms with Gasteiger partial charge in [-0.05, 0) is 24.3 Å². The van der Waals surface area contributed by atoms with E-state index in [1.807, 2.05) is 19.3 Å². The number of nitrogens with zero attached hydrogens (tertiary/aromatic N) is 2. The highest BCUT2D eigenvalue weighted by atomic mass is 16.6. The number of aromatic nitrogens is 1. The molecule has 2 N–H and O–H groups in total. The third-order valence-corrected chi connectivity index (χ3v) is 4.57. The largest absolute Gasteiger partial charge is 0.350 e. The lowest BCUT2D eigenvalue weighted by Crippen LogP contribution is -3.11. The van der Waals surface area contributed by atoms with Crippen molar-refractivity contribution in [3.8, 4) is 0 Å². The van der Waals surface area contributed by atoms with Gasteiger partial charge in [0, 0.05) is 43.9 Å². The Morgan fingerprint density at radius 1 is 1.38 bits per heavy atom. The quantitative estimate of drug-likeness (QED) is 0.641. The number of likely N-dealkylation sites (tertiary alicyclic amines) is 1. The van der Waals surface area contributed by atoms with Crippen molar-refractivity contribution in [1.29, 1.82) is 0 Å². The molecule has 1 aliphatic heterocycles. The van der Waals surface area contributed by atoms with E-state index in [1.165, 1.54) is 22.7 Å². The van der Waals surface area contributed by atoms with E-state index >= 15 is 0 Å². The fourth-order valence-corrected chi connectivity index (χ4v) is 3.39. The number of rotatable bonds is 5. The molecular weight excluding hydrogens is 308 g/mol. The van der Waals surface area contributed by atoms with Crippen molar-refractivity contribution in [2.24, 2.45) is 7.05 Å². The van der Waals surface area contributed by atoms with Gasteiger partial charge in [0.05, 0.1) is 17.2 Å². The molecule has 1 aliphatic rings. The number of carbonyl (C=O) groups is 1. The van der Waals surface area contributed by atoms with Crippen LogP contribution in [0.2, 0.25) is 0 Å². The summed E-state index contributed by atoms with van der Waals surface area (Å²) in [6.45, 7) is 1.37. The van der Waals surface area contributed by atoms with Crippen LogP contribution in [0, 0.1) is 10.1 Å². The molecule has 126 valence electrons. The van der Waals surface area contributed by atoms with Crippen molar-refractivity contribution in [3.63, 3.8) is 0 Å². The number of benzene rings is 1. The van der Waals surface area contributed by atoms with Crippen molar-refractivity contribution in [1.82, 2.24) is 4.57 Å². The van der Waals surface area contributed by atoms with E-state index < -0.39 is 4.92 Å². The van der Waals surface area contributed by atoms with Crippen LogP contribution in [0.25, 0.3) is 0 Å². The number of amides is 1. The van der Waals surface area contributed by atoms with Crippen LogP contribution in [0.3, 0.4) is 0 Å². The van der Waals surface area contributed by atoms with Gasteiger partial charge < -0.3 is 14.8 Å². The predicted molar refractivity (Wildman–Crippen MR) is 89.8 cm³/mol. The van der Waals surface area contributed by atoms with Crippen LogP contribution in [-0.2, 0) is 11.8 Å². The van der Waals surface area contributed by atoms with Crippen LogP contribution < -0.4 is 10.2 Å². The van der Waals surface area contributed by atoms with Crippen molar-refractivity contribution in [3.05, 3.63) is 58.4 Å². The van der Waals surface area contributed by atoms with Crippen LogP contribution in [0.15, 0.2) is 42.6 Å². The van der Waals surface area contributed by atoms with E-state index in [9.17, 15) is 14.9 Å². The Balaban J connectivity index is 1.62. The molecule has 1 fully saturated rings. The summed E-state index contributed by atoms with van der Waals surface area (Å²) >= 11 is 0. The molecule has 0 aliphatic carbocycles. The van der Waals surface area contributed by atoms with Crippen molar-refractivity contribution in [2.45, 2.75) is 18.9 Å². The van der Waals surface area contributed by atoms with E-state index in [-0.39, 0.29) is 11.6 Å². The fourth-order valence-electron chi connectivity index (χ4n) is 3.39. The molecule has 1 saturated heterocycles. The van der Waals surface area contributed by atoms with Gasteiger partial charge >= 0.3 is 0 Å². The Bertz CT molecular complexity index is 739. The number of non-ortho nitro benzene ring substituents is 1. The smallest absolute Gasteiger partial charge is 0.279 e. The first kappa shape index (κ1) is 16.2. The lowest BCUT2D eigenvalue weighted by atomic mass is 10.1. The molecule has 0 radical (unpaired) electrons. The number of hydrogen-bond acceptors (Lipinski definition) is 3. The minimum absolute atomic E-state index is 0.0157. The van der Waals surface area contributed by atoms with E-state index in [0.29, 0.717) is 18.3 Å². The Kier molecular flexibility index (Phi) is 4.61. The first-order valence-electron chi connectivity index (χ1n) is 8.04. The lowest BCUT2D eigenvalue weighted by Gasteiger charge is -2.21. The summed E-state index contributed by atoms with van der Waals surface area (Å²) in [5.41, 5.74) is 1.85. The number of nitro groups is 1. The molecule has 1 amide bonds. The van der Waals surface area contributed by atoms with Crippen molar-refractivity contribution in [2.75, 3.05) is 18.4 Å². The molecule has 24 heavy (non-hydrogen) atoms. The molecule has 3 rings (SSSR count). The third kappa shape index (κ3) is 3.46. The monoisotopic (exact) mass is 329 g/mol. The molecule has 2 aromatic rings. The molecular formula is C17H21N4O3+. The van der Waals surface area contributed by atoms with Gasteiger partial charge in [-0.25, -0.2) is 0 Å². The molecule has 7 nitrogen and oxygen atoms in total. The normalized spacial score (nSPS) is 20.0. The van der Waals surface area contributed by atoms with Gasteiger partial charge in [0.2, 0.25) is 0 Å². The second-order valence-electron chi connectivity index (χ2n) is 6.18. The molecule has 1 aromatic heterocycles. The Morgan fingerprint density at radius 2 is 2.12 bits per heavy atom. The average molecular weight is 329 g/mol. The van der Waals surface area contributed by atoms with Gasteiger partial charge in [0.1, 0.15) is 6.04 Å². The Labute approximate surface area is 140 Å². The Morgan fingerprint density at radius 3 is 2.75 bits per heavy atom. The number of aryl methyl sites for hydroxylation is 1. The van der Waals surface area contributed by atoms with E-state index in [2.05, 4.69) is 16.0 Å². The maximum Gasteiger partial charge on any atom is 0.279 e. The van der Waals surface area contributed by atoms with Crippen LogP contribution >= 0.6 is 0 Å². The van der Waals surface area contributed by atoms with E-state index in [0.717, 1.165) is 19.4 Å². The average Bonchev–Trinajstić information content (AvgIpc) is 3.16. The van der Waals surface area contributed by atoms with E-state index in [4.69, 9.17) is 0 Å². The van der Waals surface area contributed by atoms with Gasteiger partial charge in [-0.1, -0.05) is 0 Å². The van der Waals surface area contributed by atoms with Gasteiger partial charge in [-0.15, -0.1) is 0 Å². The third-order valence-electron chi connectivity index (χ3n) is 4.57. The fraction of sp³-hybridized carbons (Fsp3) is 0.353. The maximum absolute atomic E-state index is 12.3. The number of carbonyl (C=O) groups excluding carboxylic acids is 1. The predicted octanol–water partition coefficient (Wildman–Crippen LogP) is 1.29. The number of nitro benzene ring substituents is 1. The maximum atomic E-state index is 12.3. The molecule has 1 unspecified atom stereocenters. The van der Waals surface area contributed by atoms with Gasteiger partial charge in [-0.3, -0.25) is 14.9 Å². The van der Waals surface area contributed by atoms with Gasteiger partial charge in [0.15, 0.2) is 6.54 Å². The second-order valence-corrected chi connectivity index (χ2v) is 6.18. The summed E-state index contributed by atoms with van der Waals surface area (Å²) in [6.07, 6.45) is 4.22. The highest BCUT2D eigenvalue weighted by Gasteiger charge is 2.32. The summed E-state index contributed by atoms with van der Waals surface area (Å²) in [5.74, 6) is -0.0695. The Hall–Kier alpha value is -2.67. The number of quaternary nitrogens is 1. The van der Waals surface area contributed by atoms with Gasteiger partial charge in [0.25, 0.3) is 11.6 Å². The SMILES string of the molecule is Cn1cccc1[C@H]1CCC[NH+]1CC(=O)Nc1ccc([N+](=O)[O-])cc1. The highest BCUT2D eigenvalue weighted by molar-refractivity contribution is 5.91. The van der Waals surface area contributed by atoms with E-state index in [1.54, 1.807) is 12.1 Å². The van der Waals surface area contributed by atoms with Crippen molar-refractivity contribution < 1.29 is 14.6 Å². The lowest BCUT2D eigenvalue weighted by molar-refractivity contribution is -0.910. The molecule has 0 bridgehead atoms. The van der Waals surface area contributed by atoms with Crippen molar-refractivity contribution >= 4 is 17.3 Å². The minimum atomic E-state index is -0.454. The zero-order valence-corrected chi connectivity index (χ0v) is 13.6. The molecule has 0 saturated carbocycles. The molecule has 2 atom stereocenters. The van der Waals surface area contributed by atoms with Gasteiger partial charge in [-0.2, -0.15) is 0 Å². The van der Waals surface area contributed by atoms with Crippen LogP contribution in [0.4, 0.5) is 11.4 Å². The zero-order chi connectivity index (χ0) is 17.1. The van der Waals surface area contributed by atoms with Crippen LogP contribution in [-0.4, -0.2) is 28.5 Å².